The van der Waals surface area contributed by atoms with Gasteiger partial charge in [0.15, 0.2) is 0 Å². The molecular formula is C26H24ClN3O4. The Bertz CT molecular complexity index is 1250. The van der Waals surface area contributed by atoms with Crippen LogP contribution in [0.1, 0.15) is 25.0 Å². The number of aryl methyl sites for hydroxylation is 1. The number of carbonyl (C=O) groups is 2. The average Bonchev–Trinajstić information content (AvgIpc) is 3.23. The SMILES string of the molecule is CC(=O)N(CC1OC(c2cccc(Oc3ccccc3)c2)=NN1C(C)=O)c1ccc(Cl)cc1C. The molecule has 0 N–H and O–H groups in total. The number of ether oxygens (including phenoxy) is 2. The van der Waals surface area contributed by atoms with E-state index in [0.29, 0.717) is 27.8 Å². The van der Waals surface area contributed by atoms with Crippen LogP contribution in [0.5, 0.6) is 11.5 Å². The predicted octanol–water partition coefficient (Wildman–Crippen LogP) is 5.36. The number of nitrogens with zero attached hydrogens (tertiary/aromatic N) is 3. The van der Waals surface area contributed by atoms with Crippen LogP contribution in [0.2, 0.25) is 5.02 Å². The lowest BCUT2D eigenvalue weighted by Gasteiger charge is -2.28. The Labute approximate surface area is 203 Å². The molecule has 3 aromatic rings. The molecule has 0 radical (unpaired) electrons. The summed E-state index contributed by atoms with van der Waals surface area (Å²) < 4.78 is 12.0. The number of amides is 2. The van der Waals surface area contributed by atoms with Gasteiger partial charge in [-0.25, -0.2) is 0 Å². The molecule has 0 saturated heterocycles. The summed E-state index contributed by atoms with van der Waals surface area (Å²) in [7, 11) is 0. The molecule has 0 aromatic heterocycles. The van der Waals surface area contributed by atoms with Crippen LogP contribution >= 0.6 is 11.6 Å². The molecule has 1 aliphatic heterocycles. The second-order valence-corrected chi connectivity index (χ2v) is 8.28. The van der Waals surface area contributed by atoms with Gasteiger partial charge in [-0.1, -0.05) is 35.9 Å². The first-order valence-corrected chi connectivity index (χ1v) is 11.1. The minimum absolute atomic E-state index is 0.102. The van der Waals surface area contributed by atoms with Crippen LogP contribution in [0.3, 0.4) is 0 Å². The Balaban J connectivity index is 1.57. The van der Waals surface area contributed by atoms with E-state index in [1.165, 1.54) is 18.9 Å². The third kappa shape index (κ3) is 5.21. The minimum atomic E-state index is -0.787. The summed E-state index contributed by atoms with van der Waals surface area (Å²) in [6, 6.07) is 22.0. The molecule has 0 fully saturated rings. The van der Waals surface area contributed by atoms with Crippen molar-refractivity contribution in [3.63, 3.8) is 0 Å². The molecule has 174 valence electrons. The van der Waals surface area contributed by atoms with Gasteiger partial charge in [0.25, 0.3) is 0 Å². The monoisotopic (exact) mass is 477 g/mol. The second kappa shape index (κ2) is 9.97. The molecule has 2 amide bonds. The van der Waals surface area contributed by atoms with E-state index in [1.807, 2.05) is 55.5 Å². The highest BCUT2D eigenvalue weighted by atomic mass is 35.5. The van der Waals surface area contributed by atoms with Gasteiger partial charge in [-0.2, -0.15) is 5.01 Å². The number of rotatable bonds is 6. The van der Waals surface area contributed by atoms with E-state index < -0.39 is 6.23 Å². The predicted molar refractivity (Wildman–Crippen MR) is 131 cm³/mol. The second-order valence-electron chi connectivity index (χ2n) is 7.84. The molecule has 1 aliphatic rings. The van der Waals surface area contributed by atoms with E-state index in [9.17, 15) is 9.59 Å². The number of benzene rings is 3. The van der Waals surface area contributed by atoms with E-state index >= 15 is 0 Å². The van der Waals surface area contributed by atoms with Crippen molar-refractivity contribution < 1.29 is 19.1 Å². The van der Waals surface area contributed by atoms with Crippen LogP contribution in [0.15, 0.2) is 77.9 Å². The molecule has 0 saturated carbocycles. The Morgan fingerprint density at radius 1 is 1.03 bits per heavy atom. The van der Waals surface area contributed by atoms with Crippen molar-refractivity contribution in [1.82, 2.24) is 5.01 Å². The number of hydrogen-bond donors (Lipinski definition) is 0. The Morgan fingerprint density at radius 2 is 1.76 bits per heavy atom. The largest absolute Gasteiger partial charge is 0.457 e. The zero-order valence-corrected chi connectivity index (χ0v) is 19.8. The fraction of sp³-hybridized carbons (Fsp3) is 0.192. The van der Waals surface area contributed by atoms with Crippen molar-refractivity contribution in [2.45, 2.75) is 27.0 Å². The highest BCUT2D eigenvalue weighted by molar-refractivity contribution is 6.30. The van der Waals surface area contributed by atoms with Gasteiger partial charge in [0.1, 0.15) is 11.5 Å². The quantitative estimate of drug-likeness (QED) is 0.479. The van der Waals surface area contributed by atoms with Crippen molar-refractivity contribution in [3.05, 3.63) is 88.9 Å². The van der Waals surface area contributed by atoms with E-state index in [2.05, 4.69) is 5.10 Å². The van der Waals surface area contributed by atoms with Crippen molar-refractivity contribution in [3.8, 4) is 11.5 Å². The summed E-state index contributed by atoms with van der Waals surface area (Å²) >= 11 is 6.08. The number of carbonyl (C=O) groups excluding carboxylic acids is 2. The summed E-state index contributed by atoms with van der Waals surface area (Å²) in [5.41, 5.74) is 2.18. The maximum atomic E-state index is 12.5. The summed E-state index contributed by atoms with van der Waals surface area (Å²) in [6.07, 6.45) is -0.787. The molecule has 1 unspecified atom stereocenters. The van der Waals surface area contributed by atoms with Gasteiger partial charge in [0.2, 0.25) is 23.9 Å². The van der Waals surface area contributed by atoms with Crippen LogP contribution in [0.4, 0.5) is 5.69 Å². The lowest BCUT2D eigenvalue weighted by Crippen LogP contribution is -2.44. The Hall–Kier alpha value is -3.84. The number of anilines is 1. The summed E-state index contributed by atoms with van der Waals surface area (Å²) in [5, 5.41) is 6.22. The topological polar surface area (TPSA) is 71.4 Å². The molecule has 1 atom stereocenters. The first-order valence-electron chi connectivity index (χ1n) is 10.7. The van der Waals surface area contributed by atoms with Crippen molar-refractivity contribution in [2.75, 3.05) is 11.4 Å². The molecular weight excluding hydrogens is 454 g/mol. The zero-order valence-electron chi connectivity index (χ0n) is 19.1. The average molecular weight is 478 g/mol. The normalized spacial score (nSPS) is 14.9. The lowest BCUT2D eigenvalue weighted by atomic mass is 10.1. The van der Waals surface area contributed by atoms with Gasteiger partial charge in [0.05, 0.1) is 6.54 Å². The van der Waals surface area contributed by atoms with Crippen LogP contribution in [-0.2, 0) is 14.3 Å². The molecule has 34 heavy (non-hydrogen) atoms. The summed E-state index contributed by atoms with van der Waals surface area (Å²) in [4.78, 5) is 26.4. The fourth-order valence-electron chi connectivity index (χ4n) is 3.67. The number of halogens is 1. The Morgan fingerprint density at radius 3 is 2.44 bits per heavy atom. The van der Waals surface area contributed by atoms with Crippen molar-refractivity contribution in [2.24, 2.45) is 5.10 Å². The molecule has 4 rings (SSSR count). The van der Waals surface area contributed by atoms with Crippen LogP contribution < -0.4 is 9.64 Å². The standard InChI is InChI=1S/C26H24ClN3O4/c1-17-14-21(27)12-13-24(17)29(18(2)31)16-25-30(19(3)32)28-26(34-25)20-8-7-11-23(15-20)33-22-9-5-4-6-10-22/h4-15,25H,16H2,1-3H3. The molecule has 0 bridgehead atoms. The van der Waals surface area contributed by atoms with Crippen LogP contribution in [-0.4, -0.2) is 35.5 Å². The maximum absolute atomic E-state index is 12.5. The van der Waals surface area contributed by atoms with Gasteiger partial charge >= 0.3 is 0 Å². The number of hydrogen-bond acceptors (Lipinski definition) is 5. The van der Waals surface area contributed by atoms with Gasteiger partial charge in [-0.15, -0.1) is 5.10 Å². The molecule has 3 aromatic carbocycles. The molecule has 0 spiro atoms. The first kappa shape index (κ1) is 23.3. The van der Waals surface area contributed by atoms with Crippen LogP contribution in [0.25, 0.3) is 0 Å². The molecule has 8 heteroatoms. The fourth-order valence-corrected chi connectivity index (χ4v) is 3.90. The summed E-state index contributed by atoms with van der Waals surface area (Å²) in [5.74, 6) is 1.09. The molecule has 7 nitrogen and oxygen atoms in total. The smallest absolute Gasteiger partial charge is 0.243 e. The van der Waals surface area contributed by atoms with E-state index in [1.54, 1.807) is 29.2 Å². The molecule has 1 heterocycles. The maximum Gasteiger partial charge on any atom is 0.243 e. The van der Waals surface area contributed by atoms with Crippen LogP contribution in [0, 0.1) is 6.92 Å². The highest BCUT2D eigenvalue weighted by Crippen LogP contribution is 2.28. The van der Waals surface area contributed by atoms with E-state index in [0.717, 1.165) is 5.56 Å². The summed E-state index contributed by atoms with van der Waals surface area (Å²) in [6.45, 7) is 4.84. The van der Waals surface area contributed by atoms with E-state index in [4.69, 9.17) is 21.1 Å². The van der Waals surface area contributed by atoms with Gasteiger partial charge in [0, 0.05) is 30.1 Å². The third-order valence-electron chi connectivity index (χ3n) is 5.27. The highest BCUT2D eigenvalue weighted by Gasteiger charge is 2.34. The van der Waals surface area contributed by atoms with Crippen molar-refractivity contribution in [1.29, 1.82) is 0 Å². The zero-order chi connectivity index (χ0) is 24.2. The lowest BCUT2D eigenvalue weighted by molar-refractivity contribution is -0.135. The third-order valence-corrected chi connectivity index (χ3v) is 5.51. The molecule has 0 aliphatic carbocycles. The van der Waals surface area contributed by atoms with Gasteiger partial charge < -0.3 is 14.4 Å². The number of para-hydroxylation sites is 1. The number of hydrazone groups is 1. The first-order chi connectivity index (χ1) is 16.3. The van der Waals surface area contributed by atoms with Gasteiger partial charge in [-0.3, -0.25) is 9.59 Å². The van der Waals surface area contributed by atoms with E-state index in [-0.39, 0.29) is 24.3 Å². The van der Waals surface area contributed by atoms with Gasteiger partial charge in [-0.05, 0) is 61.0 Å². The Kier molecular flexibility index (Phi) is 6.84. The minimum Gasteiger partial charge on any atom is -0.457 e. The van der Waals surface area contributed by atoms with Crippen molar-refractivity contribution >= 4 is 35.0 Å².